The summed E-state index contributed by atoms with van der Waals surface area (Å²) >= 11 is 0. The Hall–Kier alpha value is -2.40. The Morgan fingerprint density at radius 1 is 1.29 bits per heavy atom. The highest BCUT2D eigenvalue weighted by molar-refractivity contribution is 6.00. The summed E-state index contributed by atoms with van der Waals surface area (Å²) < 4.78 is 5.14. The van der Waals surface area contributed by atoms with Crippen molar-refractivity contribution in [1.29, 1.82) is 0 Å². The summed E-state index contributed by atoms with van der Waals surface area (Å²) in [7, 11) is 1.56. The summed E-state index contributed by atoms with van der Waals surface area (Å²) in [5, 5.41) is 0. The Morgan fingerprint density at radius 3 is 2.58 bits per heavy atom. The maximum absolute atomic E-state index is 12.8. The fraction of sp³-hybridized carbons (Fsp3) is 0.368. The largest absolute Gasteiger partial charge is 0.495 e. The molecule has 0 aliphatic heterocycles. The van der Waals surface area contributed by atoms with Crippen LogP contribution in [0.4, 0.5) is 5.69 Å². The fourth-order valence-corrected chi connectivity index (χ4v) is 2.74. The van der Waals surface area contributed by atoms with Gasteiger partial charge in [-0.3, -0.25) is 14.7 Å². The molecule has 0 saturated carbocycles. The number of methoxy groups -OCH3 is 1. The first-order valence-corrected chi connectivity index (χ1v) is 8.17. The van der Waals surface area contributed by atoms with Crippen LogP contribution in [0.2, 0.25) is 0 Å². The molecule has 1 aromatic heterocycles. The van der Waals surface area contributed by atoms with Crippen molar-refractivity contribution in [2.45, 2.75) is 26.3 Å². The molecule has 0 aliphatic carbocycles. The van der Waals surface area contributed by atoms with Crippen LogP contribution in [0.25, 0.3) is 0 Å². The lowest BCUT2D eigenvalue weighted by Gasteiger charge is -2.27. The highest BCUT2D eigenvalue weighted by Gasteiger charge is 2.21. The molecule has 1 atom stereocenters. The first-order valence-electron chi connectivity index (χ1n) is 8.17. The zero-order chi connectivity index (χ0) is 17.5. The molecule has 5 heteroatoms. The second kappa shape index (κ2) is 8.45. The molecule has 5 nitrogen and oxygen atoms in total. The molecule has 2 rings (SSSR count). The SMILES string of the molecule is CCN(CCc1ccncc1)C(C)C(=O)c1ccc(OC)c(N)c1. The number of likely N-dealkylation sites (N-methyl/N-ethyl adjacent to an activating group) is 1. The number of pyridine rings is 1. The molecule has 24 heavy (non-hydrogen) atoms. The summed E-state index contributed by atoms with van der Waals surface area (Å²) in [4.78, 5) is 19.0. The summed E-state index contributed by atoms with van der Waals surface area (Å²) in [5.74, 6) is 0.658. The maximum Gasteiger partial charge on any atom is 0.179 e. The van der Waals surface area contributed by atoms with Gasteiger partial charge in [0, 0.05) is 24.5 Å². The normalized spacial score (nSPS) is 12.2. The number of nitrogens with zero attached hydrogens (tertiary/aromatic N) is 2. The molecule has 128 valence electrons. The van der Waals surface area contributed by atoms with E-state index in [0.29, 0.717) is 17.0 Å². The van der Waals surface area contributed by atoms with Gasteiger partial charge in [0.25, 0.3) is 0 Å². The minimum absolute atomic E-state index is 0.0703. The van der Waals surface area contributed by atoms with Gasteiger partial charge in [-0.25, -0.2) is 0 Å². The van der Waals surface area contributed by atoms with Crippen molar-refractivity contribution in [1.82, 2.24) is 9.88 Å². The molecule has 1 unspecified atom stereocenters. The first kappa shape index (κ1) is 17.9. The van der Waals surface area contributed by atoms with Gasteiger partial charge in [-0.05, 0) is 55.8 Å². The van der Waals surface area contributed by atoms with Gasteiger partial charge in [-0.1, -0.05) is 6.92 Å². The fourth-order valence-electron chi connectivity index (χ4n) is 2.74. The maximum atomic E-state index is 12.8. The molecule has 1 heterocycles. The Bertz CT molecular complexity index is 674. The van der Waals surface area contributed by atoms with Crippen LogP contribution >= 0.6 is 0 Å². The van der Waals surface area contributed by atoms with Gasteiger partial charge < -0.3 is 10.5 Å². The monoisotopic (exact) mass is 327 g/mol. The van der Waals surface area contributed by atoms with Gasteiger partial charge in [0.2, 0.25) is 0 Å². The van der Waals surface area contributed by atoms with E-state index in [4.69, 9.17) is 10.5 Å². The van der Waals surface area contributed by atoms with Crippen LogP contribution in [0.1, 0.15) is 29.8 Å². The topological polar surface area (TPSA) is 68.5 Å². The van der Waals surface area contributed by atoms with Crippen LogP contribution in [-0.4, -0.2) is 41.9 Å². The van der Waals surface area contributed by atoms with E-state index in [-0.39, 0.29) is 11.8 Å². The van der Waals surface area contributed by atoms with Crippen molar-refractivity contribution in [3.63, 3.8) is 0 Å². The molecule has 0 saturated heterocycles. The van der Waals surface area contributed by atoms with Gasteiger partial charge in [0.1, 0.15) is 5.75 Å². The number of nitrogen functional groups attached to an aromatic ring is 1. The third-order valence-electron chi connectivity index (χ3n) is 4.28. The average molecular weight is 327 g/mol. The highest BCUT2D eigenvalue weighted by atomic mass is 16.5. The molecule has 0 spiro atoms. The molecule has 2 N–H and O–H groups in total. The highest BCUT2D eigenvalue weighted by Crippen LogP contribution is 2.23. The summed E-state index contributed by atoms with van der Waals surface area (Å²) in [6.45, 7) is 5.64. The van der Waals surface area contributed by atoms with Crippen LogP contribution in [-0.2, 0) is 6.42 Å². The van der Waals surface area contributed by atoms with Crippen molar-refractivity contribution in [3.05, 3.63) is 53.9 Å². The zero-order valence-corrected chi connectivity index (χ0v) is 14.5. The van der Waals surface area contributed by atoms with E-state index >= 15 is 0 Å². The number of carbonyl (C=O) groups excluding carboxylic acids is 1. The standard InChI is InChI=1S/C19H25N3O2/c1-4-22(12-9-15-7-10-21-11-8-15)14(2)19(23)16-5-6-18(24-3)17(20)13-16/h5-8,10-11,13-14H,4,9,12,20H2,1-3H3. The van der Waals surface area contributed by atoms with E-state index in [1.54, 1.807) is 37.7 Å². The number of benzene rings is 1. The van der Waals surface area contributed by atoms with Gasteiger partial charge in [-0.15, -0.1) is 0 Å². The van der Waals surface area contributed by atoms with E-state index in [1.165, 1.54) is 5.56 Å². The van der Waals surface area contributed by atoms with E-state index in [9.17, 15) is 4.79 Å². The number of hydrogen-bond donors (Lipinski definition) is 1. The first-order chi connectivity index (χ1) is 11.6. The number of anilines is 1. The molecule has 0 amide bonds. The average Bonchev–Trinajstić information content (AvgIpc) is 2.62. The molecular formula is C19H25N3O2. The molecule has 2 aromatic rings. The predicted octanol–water partition coefficient (Wildman–Crippen LogP) is 2.81. The second-order valence-electron chi connectivity index (χ2n) is 5.73. The van der Waals surface area contributed by atoms with E-state index < -0.39 is 0 Å². The Kier molecular flexibility index (Phi) is 6.32. The smallest absolute Gasteiger partial charge is 0.179 e. The number of hydrogen-bond acceptors (Lipinski definition) is 5. The Balaban J connectivity index is 2.05. The van der Waals surface area contributed by atoms with Gasteiger partial charge in [0.15, 0.2) is 5.78 Å². The molecule has 1 aromatic carbocycles. The van der Waals surface area contributed by atoms with Gasteiger partial charge >= 0.3 is 0 Å². The van der Waals surface area contributed by atoms with Crippen LogP contribution < -0.4 is 10.5 Å². The van der Waals surface area contributed by atoms with E-state index in [2.05, 4.69) is 16.8 Å². The zero-order valence-electron chi connectivity index (χ0n) is 14.5. The summed E-state index contributed by atoms with van der Waals surface area (Å²) in [6.07, 6.45) is 4.47. The Morgan fingerprint density at radius 2 is 2.00 bits per heavy atom. The molecule has 0 radical (unpaired) electrons. The lowest BCUT2D eigenvalue weighted by atomic mass is 10.0. The molecule has 0 fully saturated rings. The third kappa shape index (κ3) is 4.32. The van der Waals surface area contributed by atoms with Crippen LogP contribution in [0.5, 0.6) is 5.75 Å². The van der Waals surface area contributed by atoms with Crippen molar-refractivity contribution >= 4 is 11.5 Å². The number of ketones is 1. The number of rotatable bonds is 8. The number of aromatic nitrogens is 1. The number of carbonyl (C=O) groups is 1. The third-order valence-corrected chi connectivity index (χ3v) is 4.28. The number of ether oxygens (including phenoxy) is 1. The van der Waals surface area contributed by atoms with Gasteiger partial charge in [-0.2, -0.15) is 0 Å². The lowest BCUT2D eigenvalue weighted by Crippen LogP contribution is -2.40. The number of nitrogens with two attached hydrogens (primary N) is 1. The quantitative estimate of drug-likeness (QED) is 0.596. The van der Waals surface area contributed by atoms with E-state index in [1.807, 2.05) is 19.1 Å². The van der Waals surface area contributed by atoms with Crippen molar-refractivity contribution in [2.75, 3.05) is 25.9 Å². The number of Topliss-reactive ketones (excluding diaryl/α,β-unsaturated/α-hetero) is 1. The Labute approximate surface area is 143 Å². The van der Waals surface area contributed by atoms with Crippen molar-refractivity contribution in [3.8, 4) is 5.75 Å². The molecule has 0 bridgehead atoms. The lowest BCUT2D eigenvalue weighted by molar-refractivity contribution is 0.0846. The molecule has 0 aliphatic rings. The van der Waals surface area contributed by atoms with Crippen molar-refractivity contribution in [2.24, 2.45) is 0 Å². The minimum atomic E-state index is -0.204. The second-order valence-corrected chi connectivity index (χ2v) is 5.73. The van der Waals surface area contributed by atoms with Crippen LogP contribution in [0.3, 0.4) is 0 Å². The van der Waals surface area contributed by atoms with Crippen LogP contribution in [0.15, 0.2) is 42.7 Å². The van der Waals surface area contributed by atoms with Crippen molar-refractivity contribution < 1.29 is 9.53 Å². The minimum Gasteiger partial charge on any atom is -0.495 e. The van der Waals surface area contributed by atoms with Gasteiger partial charge in [0.05, 0.1) is 18.8 Å². The summed E-state index contributed by atoms with van der Waals surface area (Å²) in [6, 6.07) is 9.00. The van der Waals surface area contributed by atoms with E-state index in [0.717, 1.165) is 19.5 Å². The molecular weight excluding hydrogens is 302 g/mol. The summed E-state index contributed by atoms with van der Waals surface area (Å²) in [5.41, 5.74) is 8.23. The van der Waals surface area contributed by atoms with Crippen LogP contribution in [0, 0.1) is 0 Å². The predicted molar refractivity (Wildman–Crippen MR) is 96.4 cm³/mol.